The Morgan fingerprint density at radius 3 is 2.10 bits per heavy atom. The minimum atomic E-state index is -0.0139. The molecule has 0 saturated heterocycles. The quantitative estimate of drug-likeness (QED) is 0.191. The number of nitrogens with zero attached hydrogens (tertiary/aromatic N) is 2. The van der Waals surface area contributed by atoms with Crippen molar-refractivity contribution in [3.8, 4) is 22.3 Å². The van der Waals surface area contributed by atoms with E-state index in [1.807, 2.05) is 0 Å². The Morgan fingerprint density at radius 1 is 0.490 bits per heavy atom. The highest BCUT2D eigenvalue weighted by molar-refractivity contribution is 6.26. The van der Waals surface area contributed by atoms with Crippen molar-refractivity contribution in [3.63, 3.8) is 0 Å². The summed E-state index contributed by atoms with van der Waals surface area (Å²) in [7, 11) is 0. The Labute approximate surface area is 283 Å². The molecular weight excluding hydrogens is 597 g/mol. The molecule has 49 heavy (non-hydrogen) atoms. The highest BCUT2D eigenvalue weighted by Crippen LogP contribution is 2.42. The van der Waals surface area contributed by atoms with E-state index < -0.39 is 0 Å². The number of hydrogen-bond acceptors (Lipinski definition) is 3. The van der Waals surface area contributed by atoms with Crippen LogP contribution in [0.4, 0.5) is 0 Å². The standard InChI is InChI=1S/C46H30N2O/c1-2-12-32(13-3-1)44-38-17-8-9-19-41(38)47-46(48-44)39-28-40-43-35(18-10-20-42(43)49-45(40)37-16-7-6-15-36(37)39)31-24-21-30(22-25-31)34-26-23-29-11-4-5-14-33(29)27-34/h1-28,38,41H. The van der Waals surface area contributed by atoms with E-state index in [4.69, 9.17) is 14.4 Å². The molecule has 10 rings (SSSR count). The van der Waals surface area contributed by atoms with Crippen molar-refractivity contribution in [1.29, 1.82) is 0 Å². The van der Waals surface area contributed by atoms with E-state index in [0.29, 0.717) is 0 Å². The summed E-state index contributed by atoms with van der Waals surface area (Å²) in [4.78, 5) is 10.6. The SMILES string of the molecule is C1=CC2N=C(c3cc4c(oc5cccc(-c6ccc(-c7ccc8ccccc8c7)cc6)c54)c4ccccc34)N=C(c3ccccc3)C2C=C1. The highest BCUT2D eigenvalue weighted by Gasteiger charge is 2.30. The van der Waals surface area contributed by atoms with Crippen LogP contribution in [0.5, 0.6) is 0 Å². The number of hydrogen-bond donors (Lipinski definition) is 0. The summed E-state index contributed by atoms with van der Waals surface area (Å²) in [5.74, 6) is 0.856. The van der Waals surface area contributed by atoms with Crippen LogP contribution in [0.15, 0.2) is 184 Å². The fourth-order valence-corrected chi connectivity index (χ4v) is 7.61. The summed E-state index contributed by atoms with van der Waals surface area (Å²) in [5.41, 5.74) is 9.63. The van der Waals surface area contributed by atoms with Gasteiger partial charge in [0.05, 0.1) is 11.8 Å². The zero-order valence-electron chi connectivity index (χ0n) is 26.6. The lowest BCUT2D eigenvalue weighted by atomic mass is 9.85. The lowest BCUT2D eigenvalue weighted by Crippen LogP contribution is -2.31. The van der Waals surface area contributed by atoms with E-state index in [1.165, 1.54) is 21.9 Å². The molecule has 2 atom stereocenters. The third-order valence-electron chi connectivity index (χ3n) is 10.0. The Balaban J connectivity index is 1.15. The normalized spacial score (nSPS) is 17.1. The third-order valence-corrected chi connectivity index (χ3v) is 10.0. The molecule has 0 bridgehead atoms. The summed E-state index contributed by atoms with van der Waals surface area (Å²) >= 11 is 0. The minimum absolute atomic E-state index is 0.0139. The fourth-order valence-electron chi connectivity index (χ4n) is 7.61. The molecule has 230 valence electrons. The molecule has 8 aromatic rings. The largest absolute Gasteiger partial charge is 0.455 e. The summed E-state index contributed by atoms with van der Waals surface area (Å²) < 4.78 is 6.68. The second-order valence-electron chi connectivity index (χ2n) is 12.9. The Hall–Kier alpha value is -6.32. The number of amidine groups is 1. The molecule has 3 heteroatoms. The van der Waals surface area contributed by atoms with Crippen LogP contribution in [0, 0.1) is 5.92 Å². The Bertz CT molecular complexity index is 2710. The van der Waals surface area contributed by atoms with Crippen molar-refractivity contribution >= 4 is 55.0 Å². The first-order valence-corrected chi connectivity index (χ1v) is 16.8. The predicted octanol–water partition coefficient (Wildman–Crippen LogP) is 11.6. The van der Waals surface area contributed by atoms with Gasteiger partial charge in [-0.05, 0) is 62.2 Å². The fraction of sp³-hybridized carbons (Fsp3) is 0.0435. The van der Waals surface area contributed by atoms with Crippen LogP contribution in [0.1, 0.15) is 11.1 Å². The van der Waals surface area contributed by atoms with Gasteiger partial charge < -0.3 is 4.42 Å². The van der Waals surface area contributed by atoms with Crippen LogP contribution in [-0.4, -0.2) is 17.6 Å². The van der Waals surface area contributed by atoms with Gasteiger partial charge in [-0.15, -0.1) is 0 Å². The van der Waals surface area contributed by atoms with E-state index in [-0.39, 0.29) is 12.0 Å². The van der Waals surface area contributed by atoms with Gasteiger partial charge in [0.2, 0.25) is 0 Å². The second-order valence-corrected chi connectivity index (χ2v) is 12.9. The first-order valence-electron chi connectivity index (χ1n) is 16.8. The summed E-state index contributed by atoms with van der Waals surface area (Å²) in [6.07, 6.45) is 8.61. The number of aliphatic imine (C=N–C) groups is 2. The molecular formula is C46H30N2O. The van der Waals surface area contributed by atoms with Gasteiger partial charge in [0.15, 0.2) is 5.84 Å². The molecule has 1 aromatic heterocycles. The molecule has 2 aliphatic rings. The predicted molar refractivity (Wildman–Crippen MR) is 205 cm³/mol. The number of allylic oxidation sites excluding steroid dienone is 2. The van der Waals surface area contributed by atoms with Crippen LogP contribution in [-0.2, 0) is 0 Å². The van der Waals surface area contributed by atoms with Gasteiger partial charge in [-0.3, -0.25) is 4.99 Å². The smallest absolute Gasteiger partial charge is 0.156 e. The molecule has 0 amide bonds. The van der Waals surface area contributed by atoms with Crippen molar-refractivity contribution < 1.29 is 4.42 Å². The summed E-state index contributed by atoms with van der Waals surface area (Å²) in [6.45, 7) is 0. The molecule has 3 nitrogen and oxygen atoms in total. The van der Waals surface area contributed by atoms with Gasteiger partial charge in [0.25, 0.3) is 0 Å². The second kappa shape index (κ2) is 11.1. The topological polar surface area (TPSA) is 37.9 Å². The molecule has 2 unspecified atom stereocenters. The van der Waals surface area contributed by atoms with E-state index in [0.717, 1.165) is 66.5 Å². The van der Waals surface area contributed by atoms with Gasteiger partial charge in [0.1, 0.15) is 11.2 Å². The van der Waals surface area contributed by atoms with E-state index >= 15 is 0 Å². The zero-order valence-corrected chi connectivity index (χ0v) is 26.6. The molecule has 0 saturated carbocycles. The maximum absolute atomic E-state index is 6.68. The average molecular weight is 627 g/mol. The van der Waals surface area contributed by atoms with Crippen LogP contribution in [0.25, 0.3) is 65.7 Å². The maximum Gasteiger partial charge on any atom is 0.156 e. The van der Waals surface area contributed by atoms with Crippen molar-refractivity contribution in [2.24, 2.45) is 15.9 Å². The minimum Gasteiger partial charge on any atom is -0.455 e. The first-order chi connectivity index (χ1) is 24.3. The lowest BCUT2D eigenvalue weighted by Gasteiger charge is -2.28. The van der Waals surface area contributed by atoms with Crippen LogP contribution in [0.3, 0.4) is 0 Å². The highest BCUT2D eigenvalue weighted by atomic mass is 16.3. The Morgan fingerprint density at radius 2 is 1.22 bits per heavy atom. The first kappa shape index (κ1) is 27.8. The Kier molecular flexibility index (Phi) is 6.31. The molecule has 2 heterocycles. The van der Waals surface area contributed by atoms with Crippen LogP contribution in [0.2, 0.25) is 0 Å². The van der Waals surface area contributed by atoms with Crippen molar-refractivity contribution in [2.45, 2.75) is 6.04 Å². The molecule has 1 aliphatic heterocycles. The number of furan rings is 1. The van der Waals surface area contributed by atoms with Crippen LogP contribution >= 0.6 is 0 Å². The monoisotopic (exact) mass is 626 g/mol. The van der Waals surface area contributed by atoms with Gasteiger partial charge in [-0.25, -0.2) is 4.99 Å². The lowest BCUT2D eigenvalue weighted by molar-refractivity contribution is 0.672. The molecule has 0 N–H and O–H groups in total. The number of fused-ring (bicyclic) bond motifs is 7. The van der Waals surface area contributed by atoms with E-state index in [2.05, 4.69) is 170 Å². The van der Waals surface area contributed by atoms with E-state index in [1.54, 1.807) is 0 Å². The number of rotatable bonds is 4. The molecule has 1 aliphatic carbocycles. The van der Waals surface area contributed by atoms with Gasteiger partial charge in [-0.2, -0.15) is 0 Å². The molecule has 0 spiro atoms. The summed E-state index contributed by atoms with van der Waals surface area (Å²) in [5, 5.41) is 6.81. The maximum atomic E-state index is 6.68. The van der Waals surface area contributed by atoms with Crippen molar-refractivity contribution in [1.82, 2.24) is 0 Å². The molecule has 0 fully saturated rings. The van der Waals surface area contributed by atoms with Gasteiger partial charge in [-0.1, -0.05) is 152 Å². The van der Waals surface area contributed by atoms with Crippen molar-refractivity contribution in [2.75, 3.05) is 0 Å². The van der Waals surface area contributed by atoms with Gasteiger partial charge in [0, 0.05) is 27.6 Å². The number of benzene rings is 7. The molecule has 7 aromatic carbocycles. The van der Waals surface area contributed by atoms with Crippen LogP contribution < -0.4 is 0 Å². The summed E-state index contributed by atoms with van der Waals surface area (Å²) in [6, 6.07) is 51.7. The molecule has 0 radical (unpaired) electrons. The van der Waals surface area contributed by atoms with Crippen molar-refractivity contribution in [3.05, 3.63) is 181 Å². The third kappa shape index (κ3) is 4.58. The van der Waals surface area contributed by atoms with E-state index in [9.17, 15) is 0 Å². The van der Waals surface area contributed by atoms with Gasteiger partial charge >= 0.3 is 0 Å². The average Bonchev–Trinajstić information content (AvgIpc) is 3.56. The zero-order chi connectivity index (χ0) is 32.3.